The zero-order valence-electron chi connectivity index (χ0n) is 12.1. The van der Waals surface area contributed by atoms with E-state index in [2.05, 4.69) is 18.8 Å². The molecule has 1 aliphatic carbocycles. The van der Waals surface area contributed by atoms with Crippen molar-refractivity contribution in [3.63, 3.8) is 0 Å². The molecular weight excluding hydrogens is 238 g/mol. The summed E-state index contributed by atoms with van der Waals surface area (Å²) in [6.07, 6.45) is 6.57. The summed E-state index contributed by atoms with van der Waals surface area (Å²) in [5.41, 5.74) is 1.88. The zero-order valence-corrected chi connectivity index (χ0v) is 12.1. The van der Waals surface area contributed by atoms with Gasteiger partial charge in [-0.2, -0.15) is 0 Å². The normalized spacial score (nSPS) is 16.8. The fraction of sp³-hybridized carbons (Fsp3) is 0.688. The highest BCUT2D eigenvalue weighted by Gasteiger charge is 2.15. The van der Waals surface area contributed by atoms with Gasteiger partial charge in [-0.3, -0.25) is 0 Å². The lowest BCUT2D eigenvalue weighted by Gasteiger charge is -2.21. The molecule has 0 unspecified atom stereocenters. The fourth-order valence-electron chi connectivity index (χ4n) is 2.60. The quantitative estimate of drug-likeness (QED) is 0.881. The third-order valence-electron chi connectivity index (χ3n) is 3.85. The first-order chi connectivity index (χ1) is 9.19. The minimum atomic E-state index is 0.0437. The van der Waals surface area contributed by atoms with E-state index in [1.54, 1.807) is 0 Å². The summed E-state index contributed by atoms with van der Waals surface area (Å²) < 4.78 is 5.86. The Bertz CT molecular complexity index is 398. The van der Waals surface area contributed by atoms with Crippen LogP contribution >= 0.6 is 0 Å². The van der Waals surface area contributed by atoms with Gasteiger partial charge in [0.1, 0.15) is 0 Å². The second-order valence-corrected chi connectivity index (χ2v) is 5.87. The van der Waals surface area contributed by atoms with Crippen molar-refractivity contribution in [1.29, 1.82) is 0 Å². The Kier molecular flexibility index (Phi) is 5.20. The van der Waals surface area contributed by atoms with Gasteiger partial charge in [0.15, 0.2) is 0 Å². The summed E-state index contributed by atoms with van der Waals surface area (Å²) in [7, 11) is 0. The molecule has 1 saturated carbocycles. The highest BCUT2D eigenvalue weighted by atomic mass is 16.5. The van der Waals surface area contributed by atoms with E-state index in [0.29, 0.717) is 17.7 Å². The van der Waals surface area contributed by atoms with Crippen LogP contribution in [0.1, 0.15) is 63.1 Å². The molecule has 106 valence electrons. The maximum Gasteiger partial charge on any atom is 0.213 e. The Morgan fingerprint density at radius 2 is 2.00 bits per heavy atom. The van der Waals surface area contributed by atoms with Crippen LogP contribution in [0.3, 0.4) is 0 Å². The van der Waals surface area contributed by atoms with Crippen molar-refractivity contribution in [3.8, 4) is 5.88 Å². The summed E-state index contributed by atoms with van der Waals surface area (Å²) in [6, 6.07) is 3.81. The number of aliphatic hydroxyl groups is 1. The molecule has 2 rings (SSSR count). The fourth-order valence-corrected chi connectivity index (χ4v) is 2.60. The van der Waals surface area contributed by atoms with Crippen molar-refractivity contribution in [2.24, 2.45) is 5.92 Å². The molecule has 1 aromatic rings. The van der Waals surface area contributed by atoms with Gasteiger partial charge >= 0.3 is 0 Å². The summed E-state index contributed by atoms with van der Waals surface area (Å²) >= 11 is 0. The summed E-state index contributed by atoms with van der Waals surface area (Å²) in [4.78, 5) is 4.53. The first-order valence-corrected chi connectivity index (χ1v) is 7.43. The number of hydrogen-bond acceptors (Lipinski definition) is 3. The highest BCUT2D eigenvalue weighted by molar-refractivity contribution is 5.26. The molecule has 1 aliphatic rings. The zero-order chi connectivity index (χ0) is 13.7. The van der Waals surface area contributed by atoms with Crippen molar-refractivity contribution >= 4 is 0 Å². The maximum absolute atomic E-state index is 9.30. The average molecular weight is 263 g/mol. The van der Waals surface area contributed by atoms with Gasteiger partial charge < -0.3 is 9.84 Å². The predicted octanol–water partition coefficient (Wildman–Crippen LogP) is 3.66. The average Bonchev–Trinajstić information content (AvgIpc) is 2.45. The maximum atomic E-state index is 9.30. The van der Waals surface area contributed by atoms with Gasteiger partial charge in [-0.15, -0.1) is 0 Å². The molecule has 0 atom stereocenters. The number of hydrogen-bond donors (Lipinski definition) is 1. The molecule has 1 fully saturated rings. The minimum Gasteiger partial charge on any atom is -0.477 e. The SMILES string of the molecule is CC(C)c1cc(CO)cc(OCC2CCCCC2)n1. The van der Waals surface area contributed by atoms with Gasteiger partial charge in [0.05, 0.1) is 13.2 Å². The van der Waals surface area contributed by atoms with Crippen molar-refractivity contribution < 1.29 is 9.84 Å². The number of aliphatic hydroxyl groups excluding tert-OH is 1. The van der Waals surface area contributed by atoms with Crippen molar-refractivity contribution in [1.82, 2.24) is 4.98 Å². The lowest BCUT2D eigenvalue weighted by Crippen LogP contribution is -2.16. The second-order valence-electron chi connectivity index (χ2n) is 5.87. The van der Waals surface area contributed by atoms with Gasteiger partial charge in [0.25, 0.3) is 0 Å². The number of nitrogens with zero attached hydrogens (tertiary/aromatic N) is 1. The van der Waals surface area contributed by atoms with Crippen LogP contribution in [-0.4, -0.2) is 16.7 Å². The molecule has 0 bridgehead atoms. The number of aromatic nitrogens is 1. The van der Waals surface area contributed by atoms with E-state index in [1.165, 1.54) is 32.1 Å². The van der Waals surface area contributed by atoms with E-state index < -0.39 is 0 Å². The summed E-state index contributed by atoms with van der Waals surface area (Å²) in [5.74, 6) is 1.69. The van der Waals surface area contributed by atoms with E-state index in [9.17, 15) is 5.11 Å². The summed E-state index contributed by atoms with van der Waals surface area (Å²) in [5, 5.41) is 9.30. The molecule has 0 aromatic carbocycles. The molecule has 3 nitrogen and oxygen atoms in total. The van der Waals surface area contributed by atoms with E-state index in [0.717, 1.165) is 17.9 Å². The van der Waals surface area contributed by atoms with Crippen molar-refractivity contribution in [2.75, 3.05) is 6.61 Å². The largest absolute Gasteiger partial charge is 0.477 e. The Balaban J connectivity index is 2.00. The molecular formula is C16H25NO2. The number of ether oxygens (including phenoxy) is 1. The van der Waals surface area contributed by atoms with E-state index in [4.69, 9.17) is 4.74 Å². The molecule has 0 saturated heterocycles. The van der Waals surface area contributed by atoms with Crippen LogP contribution in [0, 0.1) is 5.92 Å². The Labute approximate surface area is 116 Å². The molecule has 19 heavy (non-hydrogen) atoms. The first kappa shape index (κ1) is 14.3. The third kappa shape index (κ3) is 4.20. The van der Waals surface area contributed by atoms with E-state index in [1.807, 2.05) is 12.1 Å². The van der Waals surface area contributed by atoms with Crippen molar-refractivity contribution in [3.05, 3.63) is 23.4 Å². The Morgan fingerprint density at radius 1 is 1.26 bits per heavy atom. The molecule has 3 heteroatoms. The van der Waals surface area contributed by atoms with Crippen LogP contribution in [0.5, 0.6) is 5.88 Å². The Hall–Kier alpha value is -1.09. The van der Waals surface area contributed by atoms with Gasteiger partial charge in [-0.1, -0.05) is 33.1 Å². The lowest BCUT2D eigenvalue weighted by atomic mass is 9.90. The Morgan fingerprint density at radius 3 is 2.63 bits per heavy atom. The van der Waals surface area contributed by atoms with Crippen LogP contribution in [0.15, 0.2) is 12.1 Å². The van der Waals surface area contributed by atoms with E-state index >= 15 is 0 Å². The van der Waals surface area contributed by atoms with Crippen LogP contribution in [-0.2, 0) is 6.61 Å². The molecule has 1 heterocycles. The topological polar surface area (TPSA) is 42.4 Å². The smallest absolute Gasteiger partial charge is 0.213 e. The molecule has 0 radical (unpaired) electrons. The van der Waals surface area contributed by atoms with Gasteiger partial charge in [0.2, 0.25) is 5.88 Å². The van der Waals surface area contributed by atoms with Crippen LogP contribution < -0.4 is 4.74 Å². The molecule has 0 amide bonds. The monoisotopic (exact) mass is 263 g/mol. The minimum absolute atomic E-state index is 0.0437. The predicted molar refractivity (Wildman–Crippen MR) is 76.3 cm³/mol. The van der Waals surface area contributed by atoms with Gasteiger partial charge in [-0.25, -0.2) is 4.98 Å². The molecule has 1 N–H and O–H groups in total. The molecule has 0 spiro atoms. The number of pyridine rings is 1. The first-order valence-electron chi connectivity index (χ1n) is 7.43. The molecule has 0 aliphatic heterocycles. The molecule has 1 aromatic heterocycles. The van der Waals surface area contributed by atoms with Gasteiger partial charge in [-0.05, 0) is 36.3 Å². The third-order valence-corrected chi connectivity index (χ3v) is 3.85. The van der Waals surface area contributed by atoms with Crippen LogP contribution in [0.25, 0.3) is 0 Å². The van der Waals surface area contributed by atoms with Crippen LogP contribution in [0.2, 0.25) is 0 Å². The lowest BCUT2D eigenvalue weighted by molar-refractivity contribution is 0.201. The van der Waals surface area contributed by atoms with Crippen molar-refractivity contribution in [2.45, 2.75) is 58.5 Å². The highest BCUT2D eigenvalue weighted by Crippen LogP contribution is 2.25. The van der Waals surface area contributed by atoms with Gasteiger partial charge in [0, 0.05) is 11.8 Å². The number of rotatable bonds is 5. The van der Waals surface area contributed by atoms with Crippen LogP contribution in [0.4, 0.5) is 0 Å². The van der Waals surface area contributed by atoms with E-state index in [-0.39, 0.29) is 6.61 Å². The second kappa shape index (κ2) is 6.90. The standard InChI is InChI=1S/C16H25NO2/c1-12(2)15-8-14(10-18)9-16(17-15)19-11-13-6-4-3-5-7-13/h8-9,12-13,18H,3-7,10-11H2,1-2H3. The summed E-state index contributed by atoms with van der Waals surface area (Å²) in [6.45, 7) is 5.02.